The van der Waals surface area contributed by atoms with Gasteiger partial charge in [-0.15, -0.1) is 0 Å². The Morgan fingerprint density at radius 2 is 1.72 bits per heavy atom. The quantitative estimate of drug-likeness (QED) is 0.396. The van der Waals surface area contributed by atoms with Gasteiger partial charge in [-0.05, 0) is 54.8 Å². The number of carbonyl (C=O) groups excluding carboxylic acids is 1. The van der Waals surface area contributed by atoms with Gasteiger partial charge in [0.25, 0.3) is 0 Å². The second kappa shape index (κ2) is 8.88. The third-order valence-corrected chi connectivity index (χ3v) is 7.12. The van der Waals surface area contributed by atoms with Gasteiger partial charge in [0.05, 0.1) is 0 Å². The number of anilines is 1. The molecule has 0 unspecified atom stereocenters. The number of hydrogen-bond donors (Lipinski definition) is 2. The molecular formula is C29H23ClN2O4. The largest absolute Gasteiger partial charge is 0.507 e. The number of fused-ring (bicyclic) bond motifs is 1. The van der Waals surface area contributed by atoms with Crippen molar-refractivity contribution in [1.29, 1.82) is 5.41 Å². The van der Waals surface area contributed by atoms with Gasteiger partial charge in [0.2, 0.25) is 6.79 Å². The summed E-state index contributed by atoms with van der Waals surface area (Å²) in [6.07, 6.45) is 1.76. The molecule has 0 fully saturated rings. The number of nitrogens with one attached hydrogen (secondary N) is 1. The summed E-state index contributed by atoms with van der Waals surface area (Å²) in [5.41, 5.74) is 3.80. The minimum absolute atomic E-state index is 0.0174. The molecule has 6 rings (SSSR count). The van der Waals surface area contributed by atoms with E-state index >= 15 is 0 Å². The van der Waals surface area contributed by atoms with Crippen LogP contribution in [0.5, 0.6) is 11.5 Å². The van der Waals surface area contributed by atoms with Gasteiger partial charge in [0, 0.05) is 45.5 Å². The molecule has 6 nitrogen and oxygen atoms in total. The van der Waals surface area contributed by atoms with Crippen molar-refractivity contribution in [2.75, 3.05) is 11.7 Å². The maximum atomic E-state index is 13.6. The van der Waals surface area contributed by atoms with Crippen molar-refractivity contribution in [3.8, 4) is 11.5 Å². The van der Waals surface area contributed by atoms with Crippen molar-refractivity contribution < 1.29 is 19.4 Å². The molecule has 0 amide bonds. The molecule has 0 aromatic heterocycles. The molecule has 3 aromatic carbocycles. The highest BCUT2D eigenvalue weighted by molar-refractivity contribution is 6.30. The smallest absolute Gasteiger partial charge is 0.231 e. The zero-order valence-electron chi connectivity index (χ0n) is 19.3. The van der Waals surface area contributed by atoms with Crippen molar-refractivity contribution in [2.45, 2.75) is 25.2 Å². The summed E-state index contributed by atoms with van der Waals surface area (Å²) in [6.45, 7) is 0.133. The van der Waals surface area contributed by atoms with Gasteiger partial charge in [0.1, 0.15) is 11.6 Å². The maximum Gasteiger partial charge on any atom is 0.231 e. The summed E-state index contributed by atoms with van der Waals surface area (Å²) < 4.78 is 11.1. The number of allylic oxidation sites excluding steroid dienone is 2. The predicted molar refractivity (Wildman–Crippen MR) is 139 cm³/mol. The lowest BCUT2D eigenvalue weighted by Crippen LogP contribution is -2.42. The van der Waals surface area contributed by atoms with E-state index in [0.717, 1.165) is 11.3 Å². The number of hydrogen-bond acceptors (Lipinski definition) is 5. The summed E-state index contributed by atoms with van der Waals surface area (Å²) in [7, 11) is 0. The third-order valence-electron chi connectivity index (χ3n) is 6.87. The Balaban J connectivity index is 1.64. The van der Waals surface area contributed by atoms with Crippen molar-refractivity contribution in [1.82, 2.24) is 0 Å². The van der Waals surface area contributed by atoms with Crippen LogP contribution in [0, 0.1) is 5.41 Å². The minimum atomic E-state index is -0.626. The van der Waals surface area contributed by atoms with Crippen molar-refractivity contribution >= 4 is 34.7 Å². The van der Waals surface area contributed by atoms with E-state index in [1.54, 1.807) is 29.2 Å². The van der Waals surface area contributed by atoms with Gasteiger partial charge in [-0.3, -0.25) is 15.1 Å². The normalized spacial score (nSPS) is 20.5. The van der Waals surface area contributed by atoms with E-state index in [9.17, 15) is 15.3 Å². The zero-order valence-corrected chi connectivity index (χ0v) is 20.1. The van der Waals surface area contributed by atoms with Gasteiger partial charge >= 0.3 is 0 Å². The lowest BCUT2D eigenvalue weighted by Gasteiger charge is -2.41. The fraction of sp³-hybridized carbons (Fsp3) is 0.172. The number of amidine groups is 1. The average molecular weight is 499 g/mol. The van der Waals surface area contributed by atoms with E-state index < -0.39 is 5.92 Å². The number of aliphatic hydroxyl groups excluding tert-OH is 1. The number of ketones is 1. The fourth-order valence-electron chi connectivity index (χ4n) is 5.24. The van der Waals surface area contributed by atoms with Crippen LogP contribution in [0.2, 0.25) is 5.02 Å². The van der Waals surface area contributed by atoms with Crippen LogP contribution in [0.3, 0.4) is 0 Å². The topological polar surface area (TPSA) is 82.9 Å². The van der Waals surface area contributed by atoms with Crippen LogP contribution in [0.15, 0.2) is 89.6 Å². The number of halogens is 1. The van der Waals surface area contributed by atoms with Gasteiger partial charge in [-0.25, -0.2) is 0 Å². The molecule has 1 atom stereocenters. The van der Waals surface area contributed by atoms with Crippen LogP contribution in [0.4, 0.5) is 5.69 Å². The molecule has 2 N–H and O–H groups in total. The van der Waals surface area contributed by atoms with Gasteiger partial charge in [-0.1, -0.05) is 48.0 Å². The Morgan fingerprint density at radius 1 is 0.972 bits per heavy atom. The molecule has 0 spiro atoms. The third kappa shape index (κ3) is 3.65. The molecular weight excluding hydrogens is 476 g/mol. The first-order chi connectivity index (χ1) is 17.5. The highest BCUT2D eigenvalue weighted by atomic mass is 35.5. The molecule has 2 aliphatic heterocycles. The number of ether oxygens (including phenoxy) is 2. The predicted octanol–water partition coefficient (Wildman–Crippen LogP) is 6.63. The summed E-state index contributed by atoms with van der Waals surface area (Å²) in [5, 5.41) is 21.6. The number of aliphatic hydroxyl groups is 1. The van der Waals surface area contributed by atoms with Crippen molar-refractivity contribution in [3.05, 3.63) is 106 Å². The van der Waals surface area contributed by atoms with Crippen LogP contribution in [-0.4, -0.2) is 23.5 Å². The summed E-state index contributed by atoms with van der Waals surface area (Å²) in [5.74, 6) is 0.696. The first kappa shape index (κ1) is 22.4. The monoisotopic (exact) mass is 498 g/mol. The van der Waals surface area contributed by atoms with Crippen molar-refractivity contribution in [2.24, 2.45) is 0 Å². The van der Waals surface area contributed by atoms with E-state index in [2.05, 4.69) is 0 Å². The molecule has 36 heavy (non-hydrogen) atoms. The Labute approximate surface area is 213 Å². The number of Topliss-reactive ketones (excluding diaryl/α,β-unsaturated/α-hetero) is 1. The van der Waals surface area contributed by atoms with Crippen LogP contribution in [0.25, 0.3) is 5.76 Å². The molecule has 3 aromatic rings. The van der Waals surface area contributed by atoms with Crippen LogP contribution in [0.1, 0.15) is 36.3 Å². The SMILES string of the molecule is N=C1C(=C(O)c2ccccc2)[C@@H](c2ccc3c(c2)OCO3)C2=C(CCCC2=O)N1c1ccc(Cl)cc1. The lowest BCUT2D eigenvalue weighted by molar-refractivity contribution is -0.116. The van der Waals surface area contributed by atoms with E-state index in [0.29, 0.717) is 58.2 Å². The first-order valence-corrected chi connectivity index (χ1v) is 12.2. The van der Waals surface area contributed by atoms with Gasteiger partial charge in [-0.2, -0.15) is 0 Å². The van der Waals surface area contributed by atoms with E-state index in [-0.39, 0.29) is 24.2 Å². The average Bonchev–Trinajstić information content (AvgIpc) is 3.37. The summed E-state index contributed by atoms with van der Waals surface area (Å²) >= 11 is 6.15. The Kier molecular flexibility index (Phi) is 5.53. The molecule has 2 heterocycles. The molecule has 0 bridgehead atoms. The first-order valence-electron chi connectivity index (χ1n) is 11.8. The number of carbonyl (C=O) groups is 1. The maximum absolute atomic E-state index is 13.6. The number of nitrogens with zero attached hydrogens (tertiary/aromatic N) is 1. The van der Waals surface area contributed by atoms with Crippen LogP contribution >= 0.6 is 11.6 Å². The molecule has 7 heteroatoms. The molecule has 1 aliphatic carbocycles. The second-order valence-corrected chi connectivity index (χ2v) is 9.41. The molecule has 180 valence electrons. The number of rotatable bonds is 3. The minimum Gasteiger partial charge on any atom is -0.507 e. The van der Waals surface area contributed by atoms with Gasteiger partial charge in [0.15, 0.2) is 17.3 Å². The Bertz CT molecular complexity index is 1440. The number of benzene rings is 3. The standard InChI is InChI=1S/C29H23ClN2O4/c30-19-10-12-20(13-11-19)32-21-7-4-8-22(33)26(21)25(18-9-14-23-24(15-18)36-16-35-23)27(29(32)31)28(34)17-5-2-1-3-6-17/h1-3,5-6,9-15,25,31,34H,4,7-8,16H2/t25-/m0/s1. The van der Waals surface area contributed by atoms with Crippen LogP contribution < -0.4 is 14.4 Å². The van der Waals surface area contributed by atoms with E-state index in [4.69, 9.17) is 21.1 Å². The molecule has 0 radical (unpaired) electrons. The second-order valence-electron chi connectivity index (χ2n) is 8.97. The lowest BCUT2D eigenvalue weighted by atomic mass is 9.73. The highest BCUT2D eigenvalue weighted by Gasteiger charge is 2.43. The molecule has 3 aliphatic rings. The molecule has 0 saturated heterocycles. The van der Waals surface area contributed by atoms with E-state index in [1.807, 2.05) is 48.5 Å². The zero-order chi connectivity index (χ0) is 24.8. The van der Waals surface area contributed by atoms with Crippen LogP contribution in [-0.2, 0) is 4.79 Å². The Morgan fingerprint density at radius 3 is 2.50 bits per heavy atom. The summed E-state index contributed by atoms with van der Waals surface area (Å²) in [4.78, 5) is 15.3. The Hall–Kier alpha value is -4.03. The molecule has 0 saturated carbocycles. The fourth-order valence-corrected chi connectivity index (χ4v) is 5.37. The van der Waals surface area contributed by atoms with Crippen molar-refractivity contribution in [3.63, 3.8) is 0 Å². The highest BCUT2D eigenvalue weighted by Crippen LogP contribution is 2.49. The van der Waals surface area contributed by atoms with Gasteiger partial charge < -0.3 is 14.6 Å². The summed E-state index contributed by atoms with van der Waals surface area (Å²) in [6, 6.07) is 21.9. The van der Waals surface area contributed by atoms with E-state index in [1.165, 1.54) is 0 Å².